The molecule has 0 spiro atoms. The van der Waals surface area contributed by atoms with Crippen molar-refractivity contribution in [3.05, 3.63) is 17.0 Å². The van der Waals surface area contributed by atoms with Crippen LogP contribution in [-0.4, -0.2) is 22.2 Å². The van der Waals surface area contributed by atoms with Crippen LogP contribution in [-0.2, 0) is 17.8 Å². The van der Waals surface area contributed by atoms with Gasteiger partial charge in [0, 0.05) is 24.6 Å². The molecule has 0 aromatic carbocycles. The third-order valence-corrected chi connectivity index (χ3v) is 4.55. The van der Waals surface area contributed by atoms with Gasteiger partial charge in [-0.25, -0.2) is 0 Å². The van der Waals surface area contributed by atoms with Gasteiger partial charge in [-0.2, -0.15) is 5.10 Å². The second-order valence-corrected chi connectivity index (χ2v) is 6.13. The number of nitrogens with zero attached hydrogens (tertiary/aromatic N) is 2. The number of aryl methyl sites for hydroxylation is 1. The van der Waals surface area contributed by atoms with Crippen molar-refractivity contribution in [3.8, 4) is 0 Å². The first-order valence-electron chi connectivity index (χ1n) is 7.78. The zero-order chi connectivity index (χ0) is 14.1. The Bertz CT molecular complexity index is 504. The standard InChI is InChI=1S/C15H24N4O/c16-8-6-10-2-1-3-12-14(10)15(11-4-5-11)18-19(12)9-7-13(17)20/h10-11H,1-9,16H2,(H2,17,20). The summed E-state index contributed by atoms with van der Waals surface area (Å²) in [5.74, 6) is 0.968. The quantitative estimate of drug-likeness (QED) is 0.823. The van der Waals surface area contributed by atoms with Gasteiger partial charge in [0.15, 0.2) is 0 Å². The highest BCUT2D eigenvalue weighted by molar-refractivity contribution is 5.73. The number of carbonyl (C=O) groups is 1. The molecule has 20 heavy (non-hydrogen) atoms. The average molecular weight is 276 g/mol. The number of aromatic nitrogens is 2. The van der Waals surface area contributed by atoms with Gasteiger partial charge in [0.2, 0.25) is 5.91 Å². The van der Waals surface area contributed by atoms with Crippen molar-refractivity contribution in [3.63, 3.8) is 0 Å². The number of fused-ring (bicyclic) bond motifs is 1. The zero-order valence-corrected chi connectivity index (χ0v) is 12.0. The molecule has 0 bridgehead atoms. The van der Waals surface area contributed by atoms with Crippen LogP contribution in [0.3, 0.4) is 0 Å². The van der Waals surface area contributed by atoms with Crippen molar-refractivity contribution in [2.75, 3.05) is 6.54 Å². The zero-order valence-electron chi connectivity index (χ0n) is 12.0. The smallest absolute Gasteiger partial charge is 0.219 e. The molecular weight excluding hydrogens is 252 g/mol. The van der Waals surface area contributed by atoms with Crippen molar-refractivity contribution in [1.29, 1.82) is 0 Å². The molecule has 1 unspecified atom stereocenters. The van der Waals surface area contributed by atoms with E-state index in [2.05, 4.69) is 4.68 Å². The number of hydrogen-bond donors (Lipinski definition) is 2. The van der Waals surface area contributed by atoms with E-state index in [9.17, 15) is 4.79 Å². The van der Waals surface area contributed by atoms with Gasteiger partial charge in [-0.05, 0) is 56.6 Å². The molecule has 0 radical (unpaired) electrons. The molecule has 1 amide bonds. The second-order valence-electron chi connectivity index (χ2n) is 6.13. The SMILES string of the molecule is NCCC1CCCc2c1c(C1CC1)nn2CCC(N)=O. The minimum atomic E-state index is -0.253. The number of primary amides is 1. The largest absolute Gasteiger partial charge is 0.370 e. The molecule has 3 rings (SSSR count). The third kappa shape index (κ3) is 2.59. The highest BCUT2D eigenvalue weighted by Gasteiger charge is 2.35. The monoisotopic (exact) mass is 276 g/mol. The van der Waals surface area contributed by atoms with Crippen LogP contribution in [0.2, 0.25) is 0 Å². The van der Waals surface area contributed by atoms with E-state index in [1.807, 2.05) is 0 Å². The van der Waals surface area contributed by atoms with Gasteiger partial charge < -0.3 is 11.5 Å². The van der Waals surface area contributed by atoms with Gasteiger partial charge in [-0.15, -0.1) is 0 Å². The number of carbonyl (C=O) groups excluding carboxylic acids is 1. The molecule has 1 aromatic rings. The fourth-order valence-electron chi connectivity index (χ4n) is 3.45. The summed E-state index contributed by atoms with van der Waals surface area (Å²) in [5, 5.41) is 4.83. The predicted molar refractivity (Wildman–Crippen MR) is 77.4 cm³/mol. The number of amides is 1. The number of nitrogens with two attached hydrogens (primary N) is 2. The first-order valence-corrected chi connectivity index (χ1v) is 7.78. The van der Waals surface area contributed by atoms with Crippen LogP contribution in [0, 0.1) is 0 Å². The molecule has 5 nitrogen and oxygen atoms in total. The van der Waals surface area contributed by atoms with Crippen molar-refractivity contribution in [2.45, 2.75) is 63.3 Å². The Hall–Kier alpha value is -1.36. The van der Waals surface area contributed by atoms with E-state index in [1.54, 1.807) is 0 Å². The highest BCUT2D eigenvalue weighted by Crippen LogP contribution is 2.46. The number of rotatable bonds is 6. The maximum atomic E-state index is 11.0. The topological polar surface area (TPSA) is 86.9 Å². The van der Waals surface area contributed by atoms with E-state index >= 15 is 0 Å². The number of hydrogen-bond acceptors (Lipinski definition) is 3. The Morgan fingerprint density at radius 3 is 2.80 bits per heavy atom. The molecule has 5 heteroatoms. The van der Waals surface area contributed by atoms with Gasteiger partial charge in [0.05, 0.1) is 5.69 Å². The molecule has 0 aliphatic heterocycles. The Morgan fingerprint density at radius 1 is 1.35 bits per heavy atom. The third-order valence-electron chi connectivity index (χ3n) is 4.55. The van der Waals surface area contributed by atoms with Crippen molar-refractivity contribution in [1.82, 2.24) is 9.78 Å². The summed E-state index contributed by atoms with van der Waals surface area (Å²) < 4.78 is 2.05. The summed E-state index contributed by atoms with van der Waals surface area (Å²) in [6.07, 6.45) is 7.45. The van der Waals surface area contributed by atoms with Crippen molar-refractivity contribution in [2.24, 2.45) is 11.5 Å². The molecular formula is C15H24N4O. The molecule has 1 saturated carbocycles. The molecule has 1 aromatic heterocycles. The van der Waals surface area contributed by atoms with Crippen molar-refractivity contribution >= 4 is 5.91 Å². The fraction of sp³-hybridized carbons (Fsp3) is 0.733. The molecule has 110 valence electrons. The van der Waals surface area contributed by atoms with Crippen LogP contribution in [0.4, 0.5) is 0 Å². The molecule has 1 heterocycles. The predicted octanol–water partition coefficient (Wildman–Crippen LogP) is 1.40. The summed E-state index contributed by atoms with van der Waals surface area (Å²) in [4.78, 5) is 11.0. The first kappa shape index (κ1) is 13.6. The Balaban J connectivity index is 1.92. The van der Waals surface area contributed by atoms with E-state index in [0.29, 0.717) is 24.8 Å². The lowest BCUT2D eigenvalue weighted by atomic mass is 9.82. The van der Waals surface area contributed by atoms with Crippen molar-refractivity contribution < 1.29 is 4.79 Å². The first-order chi connectivity index (χ1) is 9.70. The molecule has 4 N–H and O–H groups in total. The molecule has 2 aliphatic rings. The van der Waals surface area contributed by atoms with E-state index < -0.39 is 0 Å². The van der Waals surface area contributed by atoms with E-state index in [4.69, 9.17) is 16.6 Å². The Morgan fingerprint density at radius 2 is 2.15 bits per heavy atom. The lowest BCUT2D eigenvalue weighted by Gasteiger charge is -2.23. The maximum absolute atomic E-state index is 11.0. The minimum absolute atomic E-state index is 0.253. The van der Waals surface area contributed by atoms with Gasteiger partial charge in [0.1, 0.15) is 0 Å². The van der Waals surface area contributed by atoms with Crippen LogP contribution in [0.1, 0.15) is 67.3 Å². The summed E-state index contributed by atoms with van der Waals surface area (Å²) in [6, 6.07) is 0. The highest BCUT2D eigenvalue weighted by atomic mass is 16.1. The molecule has 1 atom stereocenters. The van der Waals surface area contributed by atoms with Gasteiger partial charge in [-0.1, -0.05) is 0 Å². The van der Waals surface area contributed by atoms with Gasteiger partial charge in [-0.3, -0.25) is 9.48 Å². The Kier molecular flexibility index (Phi) is 3.78. The van der Waals surface area contributed by atoms with Gasteiger partial charge >= 0.3 is 0 Å². The van der Waals surface area contributed by atoms with Crippen LogP contribution in [0.25, 0.3) is 0 Å². The average Bonchev–Trinajstić information content (AvgIpc) is 3.19. The lowest BCUT2D eigenvalue weighted by molar-refractivity contribution is -0.118. The summed E-state index contributed by atoms with van der Waals surface area (Å²) >= 11 is 0. The minimum Gasteiger partial charge on any atom is -0.370 e. The summed E-state index contributed by atoms with van der Waals surface area (Å²) in [5.41, 5.74) is 15.2. The second kappa shape index (κ2) is 5.56. The van der Waals surface area contributed by atoms with Crippen LogP contribution in [0.15, 0.2) is 0 Å². The summed E-state index contributed by atoms with van der Waals surface area (Å²) in [6.45, 7) is 1.36. The summed E-state index contributed by atoms with van der Waals surface area (Å²) in [7, 11) is 0. The van der Waals surface area contributed by atoms with Crippen LogP contribution < -0.4 is 11.5 Å². The molecule has 1 fully saturated rings. The normalized spacial score (nSPS) is 21.8. The van der Waals surface area contributed by atoms with Gasteiger partial charge in [0.25, 0.3) is 0 Å². The van der Waals surface area contributed by atoms with E-state index in [1.165, 1.54) is 42.6 Å². The Labute approximate surface area is 119 Å². The van der Waals surface area contributed by atoms with Crippen LogP contribution >= 0.6 is 0 Å². The fourth-order valence-corrected chi connectivity index (χ4v) is 3.45. The van der Waals surface area contributed by atoms with E-state index in [0.717, 1.165) is 19.4 Å². The molecule has 2 aliphatic carbocycles. The lowest BCUT2D eigenvalue weighted by Crippen LogP contribution is -2.18. The molecule has 0 saturated heterocycles. The van der Waals surface area contributed by atoms with E-state index in [-0.39, 0.29) is 5.91 Å². The maximum Gasteiger partial charge on any atom is 0.219 e. The van der Waals surface area contributed by atoms with Crippen LogP contribution in [0.5, 0.6) is 0 Å².